The van der Waals surface area contributed by atoms with Crippen LogP contribution in [0.1, 0.15) is 38.5 Å². The molecule has 6 nitrogen and oxygen atoms in total. The lowest BCUT2D eigenvalue weighted by Crippen LogP contribution is -2.61. The number of anilines is 1. The van der Waals surface area contributed by atoms with Crippen LogP contribution in [-0.4, -0.2) is 50.4 Å². The number of carboxylic acid groups (broad SMARTS) is 1. The molecule has 1 aromatic heterocycles. The largest absolute Gasteiger partial charge is 0.465 e. The summed E-state index contributed by atoms with van der Waals surface area (Å²) in [5.74, 6) is 1.78. The first-order chi connectivity index (χ1) is 14.4. The quantitative estimate of drug-likeness (QED) is 0.636. The number of likely N-dealkylation sites (tertiary alicyclic amines) is 1. The normalized spacial score (nSPS) is 39.7. The molecule has 2 aromatic rings. The predicted molar refractivity (Wildman–Crippen MR) is 117 cm³/mol. The van der Waals surface area contributed by atoms with Crippen LogP contribution < -0.4 is 5.32 Å². The molecule has 0 radical (unpaired) electrons. The number of fused-ring (bicyclic) bond motifs is 1. The summed E-state index contributed by atoms with van der Waals surface area (Å²) in [6.45, 7) is 0.554. The number of benzene rings is 1. The lowest BCUT2D eigenvalue weighted by atomic mass is 9.48. The number of carbonyl (C=O) groups is 1. The number of hydrogen-bond donors (Lipinski definition) is 3. The highest BCUT2D eigenvalue weighted by Gasteiger charge is 2.59. The second-order valence-corrected chi connectivity index (χ2v) is 11.4. The summed E-state index contributed by atoms with van der Waals surface area (Å²) in [4.78, 5) is 18.5. The van der Waals surface area contributed by atoms with E-state index < -0.39 is 11.7 Å². The molecule has 3 N–H and O–H groups in total. The molecule has 30 heavy (non-hydrogen) atoms. The van der Waals surface area contributed by atoms with Gasteiger partial charge in [0.1, 0.15) is 0 Å². The van der Waals surface area contributed by atoms with Crippen LogP contribution in [0.4, 0.5) is 9.93 Å². The van der Waals surface area contributed by atoms with Crippen molar-refractivity contribution in [1.82, 2.24) is 9.88 Å². The molecule has 160 valence electrons. The van der Waals surface area contributed by atoms with Crippen LogP contribution >= 0.6 is 22.9 Å². The van der Waals surface area contributed by atoms with Crippen molar-refractivity contribution in [2.24, 2.45) is 23.7 Å². The fourth-order valence-electron chi connectivity index (χ4n) is 7.37. The summed E-state index contributed by atoms with van der Waals surface area (Å²) < 4.78 is 1.03. The minimum Gasteiger partial charge on any atom is -0.465 e. The molecular weight excluding hydrogens is 422 g/mol. The summed E-state index contributed by atoms with van der Waals surface area (Å²) in [6.07, 6.45) is 4.85. The Kier molecular flexibility index (Phi) is 4.28. The topological polar surface area (TPSA) is 85.7 Å². The Labute approximate surface area is 184 Å². The van der Waals surface area contributed by atoms with Crippen LogP contribution in [-0.2, 0) is 0 Å². The maximum Gasteiger partial charge on any atom is 0.407 e. The fourth-order valence-corrected chi connectivity index (χ4v) is 8.57. The highest BCUT2D eigenvalue weighted by Crippen LogP contribution is 2.60. The van der Waals surface area contributed by atoms with Gasteiger partial charge in [-0.1, -0.05) is 22.9 Å². The molecule has 1 aromatic carbocycles. The van der Waals surface area contributed by atoms with E-state index in [-0.39, 0.29) is 12.1 Å². The molecule has 7 rings (SSSR count). The van der Waals surface area contributed by atoms with Crippen molar-refractivity contribution < 1.29 is 15.0 Å². The van der Waals surface area contributed by atoms with E-state index in [2.05, 4.69) is 5.32 Å². The van der Waals surface area contributed by atoms with Gasteiger partial charge in [0.05, 0.1) is 27.9 Å². The number of rotatable bonds is 3. The van der Waals surface area contributed by atoms with Gasteiger partial charge in [-0.25, -0.2) is 9.78 Å². The molecule has 4 bridgehead atoms. The zero-order valence-electron chi connectivity index (χ0n) is 16.6. The van der Waals surface area contributed by atoms with E-state index in [9.17, 15) is 15.0 Å². The summed E-state index contributed by atoms with van der Waals surface area (Å²) in [7, 11) is 0. The van der Waals surface area contributed by atoms with Gasteiger partial charge in [0.25, 0.3) is 0 Å². The minimum atomic E-state index is -0.826. The Morgan fingerprint density at radius 1 is 1.27 bits per heavy atom. The number of amides is 1. The smallest absolute Gasteiger partial charge is 0.407 e. The van der Waals surface area contributed by atoms with Crippen LogP contribution in [0.3, 0.4) is 0 Å². The first-order valence-electron chi connectivity index (χ1n) is 10.9. The molecule has 1 saturated heterocycles. The second-order valence-electron chi connectivity index (χ2n) is 9.91. The van der Waals surface area contributed by atoms with E-state index in [4.69, 9.17) is 16.6 Å². The van der Waals surface area contributed by atoms with Gasteiger partial charge in [0, 0.05) is 11.6 Å². The third-order valence-corrected chi connectivity index (χ3v) is 9.25. The summed E-state index contributed by atoms with van der Waals surface area (Å²) in [5, 5.41) is 26.0. The highest BCUT2D eigenvalue weighted by atomic mass is 35.5. The van der Waals surface area contributed by atoms with Crippen molar-refractivity contribution in [2.75, 3.05) is 11.9 Å². The molecule has 1 amide bonds. The molecule has 4 saturated carbocycles. The third kappa shape index (κ3) is 3.00. The average Bonchev–Trinajstić information content (AvgIpc) is 3.24. The Balaban J connectivity index is 1.31. The van der Waals surface area contributed by atoms with Gasteiger partial charge in [-0.3, -0.25) is 0 Å². The van der Waals surface area contributed by atoms with E-state index in [0.29, 0.717) is 35.2 Å². The van der Waals surface area contributed by atoms with Crippen LogP contribution in [0.15, 0.2) is 18.2 Å². The van der Waals surface area contributed by atoms with Gasteiger partial charge in [-0.05, 0) is 80.4 Å². The van der Waals surface area contributed by atoms with Gasteiger partial charge in [-0.15, -0.1) is 0 Å². The molecule has 5 aliphatic rings. The van der Waals surface area contributed by atoms with E-state index in [1.807, 2.05) is 18.2 Å². The maximum atomic E-state index is 12.1. The number of aromatic nitrogens is 1. The molecule has 0 spiro atoms. The molecular formula is C22H26ClN3O3S. The molecule has 2 heterocycles. The Bertz CT molecular complexity index is 997. The maximum absolute atomic E-state index is 12.1. The number of hydrogen-bond acceptors (Lipinski definition) is 5. The van der Waals surface area contributed by atoms with E-state index in [0.717, 1.165) is 53.9 Å². The number of halogens is 1. The average molecular weight is 448 g/mol. The standard InChI is InChI=1S/C22H26ClN3O3S/c23-14-1-2-15-17(7-14)30-20(24-15)25-16-3-4-26(21(27)28)19(16)18-12-5-11-6-13(18)10-22(29,8-11)9-12/h1-2,7,11-13,16,18-19,29H,3-6,8-10H2,(H,24,25)(H,27,28)/t11?,12-,13+,16?,18?,19?,22?. The SMILES string of the molecule is O=C(O)N1CCC(Nc2nc3ccc(Cl)cc3s2)C1C1[C@@H]2CC3C[C@H]1CC(O)(C3)C2. The van der Waals surface area contributed by atoms with Gasteiger partial charge in [0.15, 0.2) is 5.13 Å². The molecule has 1 aliphatic heterocycles. The molecule has 8 heteroatoms. The minimum absolute atomic E-state index is 0.0503. The van der Waals surface area contributed by atoms with E-state index in [1.54, 1.807) is 16.2 Å². The van der Waals surface area contributed by atoms with Gasteiger partial charge < -0.3 is 20.4 Å². The number of nitrogens with one attached hydrogen (secondary N) is 1. The Hall–Kier alpha value is -1.57. The van der Waals surface area contributed by atoms with E-state index in [1.165, 1.54) is 0 Å². The van der Waals surface area contributed by atoms with Gasteiger partial charge in [-0.2, -0.15) is 0 Å². The summed E-state index contributed by atoms with van der Waals surface area (Å²) >= 11 is 7.70. The molecule has 5 fully saturated rings. The van der Waals surface area contributed by atoms with Crippen molar-refractivity contribution in [2.45, 2.75) is 56.2 Å². The van der Waals surface area contributed by atoms with Crippen molar-refractivity contribution >= 4 is 44.4 Å². The first-order valence-corrected chi connectivity index (χ1v) is 12.1. The third-order valence-electron chi connectivity index (χ3n) is 8.07. The molecule has 7 atom stereocenters. The molecule has 4 aliphatic carbocycles. The fraction of sp³-hybridized carbons (Fsp3) is 0.636. The number of nitrogens with zero attached hydrogens (tertiary/aromatic N) is 2. The predicted octanol–water partition coefficient (Wildman–Crippen LogP) is 4.67. The van der Waals surface area contributed by atoms with Crippen molar-refractivity contribution in [3.8, 4) is 0 Å². The monoisotopic (exact) mass is 447 g/mol. The highest BCUT2D eigenvalue weighted by molar-refractivity contribution is 7.22. The van der Waals surface area contributed by atoms with Crippen molar-refractivity contribution in [3.05, 3.63) is 23.2 Å². The summed E-state index contributed by atoms with van der Waals surface area (Å²) in [6, 6.07) is 5.68. The van der Waals surface area contributed by atoms with Crippen molar-refractivity contribution in [1.29, 1.82) is 0 Å². The number of thiazole rings is 1. The van der Waals surface area contributed by atoms with E-state index >= 15 is 0 Å². The zero-order valence-corrected chi connectivity index (χ0v) is 18.2. The van der Waals surface area contributed by atoms with Crippen LogP contribution in [0.5, 0.6) is 0 Å². The Morgan fingerprint density at radius 2 is 2.03 bits per heavy atom. The number of aliphatic hydroxyl groups is 1. The van der Waals surface area contributed by atoms with Crippen LogP contribution in [0.25, 0.3) is 10.2 Å². The Morgan fingerprint density at radius 3 is 2.73 bits per heavy atom. The zero-order chi connectivity index (χ0) is 20.6. The first kappa shape index (κ1) is 19.1. The van der Waals surface area contributed by atoms with Crippen LogP contribution in [0, 0.1) is 23.7 Å². The summed E-state index contributed by atoms with van der Waals surface area (Å²) in [5.41, 5.74) is 0.405. The van der Waals surface area contributed by atoms with Gasteiger partial charge in [0.2, 0.25) is 0 Å². The second kappa shape index (κ2) is 6.71. The van der Waals surface area contributed by atoms with Gasteiger partial charge >= 0.3 is 6.09 Å². The van der Waals surface area contributed by atoms with Crippen molar-refractivity contribution in [3.63, 3.8) is 0 Å². The lowest BCUT2D eigenvalue weighted by Gasteiger charge is -2.60. The lowest BCUT2D eigenvalue weighted by molar-refractivity contribution is -0.162. The van der Waals surface area contributed by atoms with Crippen LogP contribution in [0.2, 0.25) is 5.02 Å². The molecule has 5 unspecified atom stereocenters.